The average molecular weight is 394 g/mol. The lowest BCUT2D eigenvalue weighted by atomic mass is 9.98. The van der Waals surface area contributed by atoms with Crippen LogP contribution in [0.2, 0.25) is 19.6 Å². The first-order valence-corrected chi connectivity index (χ1v) is 12.5. The molecule has 1 aliphatic carbocycles. The lowest BCUT2D eigenvalue weighted by molar-refractivity contribution is 0.183. The Labute approximate surface area is 150 Å². The first kappa shape index (κ1) is 18.5. The smallest absolute Gasteiger partial charge is 0.241 e. The molecule has 0 radical (unpaired) electrons. The zero-order valence-corrected chi connectivity index (χ0v) is 17.1. The Morgan fingerprint density at radius 3 is 2.52 bits per heavy atom. The molecular formula is C19H28BrNOSi. The molecule has 2 nitrogen and oxygen atoms in total. The van der Waals surface area contributed by atoms with Crippen molar-refractivity contribution in [1.29, 1.82) is 0 Å². The van der Waals surface area contributed by atoms with Crippen LogP contribution in [0.25, 0.3) is 0 Å². The summed E-state index contributed by atoms with van der Waals surface area (Å²) in [4.78, 5) is 2.52. The molecule has 1 unspecified atom stereocenters. The lowest BCUT2D eigenvalue weighted by Crippen LogP contribution is -2.37. The first-order chi connectivity index (χ1) is 10.8. The highest BCUT2D eigenvalue weighted by Gasteiger charge is 2.25. The van der Waals surface area contributed by atoms with Gasteiger partial charge in [-0.3, -0.25) is 4.90 Å². The topological polar surface area (TPSA) is 12.5 Å². The van der Waals surface area contributed by atoms with Gasteiger partial charge in [0.1, 0.15) is 0 Å². The standard InChI is InChI=1S/C19H28BrNOSi/c1-16(20)14-21(15-17-8-6-5-7-9-17)18-10-12-19(13-11-18)22-23(2,3)4/h5-9,12,18H,1,10-11,13-15H2,2-4H3. The Balaban J connectivity index is 2.02. The van der Waals surface area contributed by atoms with E-state index in [1.165, 1.54) is 11.3 Å². The van der Waals surface area contributed by atoms with Crippen LogP contribution in [-0.2, 0) is 11.0 Å². The van der Waals surface area contributed by atoms with Gasteiger partial charge >= 0.3 is 0 Å². The molecule has 0 N–H and O–H groups in total. The molecule has 1 aromatic rings. The normalized spacial score (nSPS) is 18.7. The Hall–Kier alpha value is -0.843. The van der Waals surface area contributed by atoms with Crippen LogP contribution in [0.5, 0.6) is 0 Å². The fourth-order valence-electron chi connectivity index (χ4n) is 2.97. The van der Waals surface area contributed by atoms with Crippen molar-refractivity contribution in [2.24, 2.45) is 0 Å². The van der Waals surface area contributed by atoms with Gasteiger partial charge in [-0.05, 0) is 44.1 Å². The van der Waals surface area contributed by atoms with Crippen molar-refractivity contribution in [3.05, 3.63) is 58.8 Å². The van der Waals surface area contributed by atoms with Crippen molar-refractivity contribution in [2.45, 2.75) is 51.5 Å². The number of allylic oxidation sites excluding steroid dienone is 1. The Morgan fingerprint density at radius 1 is 1.30 bits per heavy atom. The number of rotatable bonds is 7. The molecule has 0 heterocycles. The van der Waals surface area contributed by atoms with E-state index < -0.39 is 8.32 Å². The molecule has 23 heavy (non-hydrogen) atoms. The quantitative estimate of drug-likeness (QED) is 0.551. The summed E-state index contributed by atoms with van der Waals surface area (Å²) in [6, 6.07) is 11.2. The van der Waals surface area contributed by atoms with Crippen molar-refractivity contribution in [1.82, 2.24) is 4.90 Å². The van der Waals surface area contributed by atoms with E-state index in [0.29, 0.717) is 6.04 Å². The highest BCUT2D eigenvalue weighted by molar-refractivity contribution is 9.11. The van der Waals surface area contributed by atoms with Gasteiger partial charge in [0.2, 0.25) is 8.32 Å². The van der Waals surface area contributed by atoms with Gasteiger partial charge in [0.05, 0.1) is 5.76 Å². The van der Waals surface area contributed by atoms with E-state index in [1.807, 2.05) is 0 Å². The summed E-state index contributed by atoms with van der Waals surface area (Å²) >= 11 is 3.54. The van der Waals surface area contributed by atoms with Crippen molar-refractivity contribution in [3.8, 4) is 0 Å². The molecule has 0 saturated heterocycles. The van der Waals surface area contributed by atoms with Crippen molar-refractivity contribution >= 4 is 24.2 Å². The van der Waals surface area contributed by atoms with Gasteiger partial charge in [0.15, 0.2) is 0 Å². The summed E-state index contributed by atoms with van der Waals surface area (Å²) in [5, 5.41) is 0. The third-order valence-corrected chi connectivity index (χ3v) is 5.02. The molecule has 0 aromatic heterocycles. The molecule has 126 valence electrons. The summed E-state index contributed by atoms with van der Waals surface area (Å²) in [7, 11) is -1.48. The lowest BCUT2D eigenvalue weighted by Gasteiger charge is -2.35. The molecule has 0 spiro atoms. The summed E-state index contributed by atoms with van der Waals surface area (Å²) in [5.74, 6) is 1.21. The second-order valence-corrected chi connectivity index (χ2v) is 12.8. The minimum Gasteiger partial charge on any atom is -0.548 e. The molecule has 0 aliphatic heterocycles. The molecule has 0 fully saturated rings. The molecular weight excluding hydrogens is 366 g/mol. The van der Waals surface area contributed by atoms with Crippen LogP contribution in [0, 0.1) is 0 Å². The largest absolute Gasteiger partial charge is 0.548 e. The molecule has 0 amide bonds. The third-order valence-electron chi connectivity index (χ3n) is 3.90. The van der Waals surface area contributed by atoms with E-state index in [2.05, 4.69) is 83.5 Å². The molecule has 0 saturated carbocycles. The zero-order chi connectivity index (χ0) is 16.9. The van der Waals surface area contributed by atoms with Gasteiger partial charge < -0.3 is 4.43 Å². The monoisotopic (exact) mass is 393 g/mol. The van der Waals surface area contributed by atoms with Crippen LogP contribution in [0.1, 0.15) is 24.8 Å². The Bertz CT molecular complexity index is 550. The van der Waals surface area contributed by atoms with E-state index >= 15 is 0 Å². The number of hydrogen-bond acceptors (Lipinski definition) is 2. The third kappa shape index (κ3) is 6.65. The molecule has 0 bridgehead atoms. The Kier molecular flexibility index (Phi) is 6.68. The number of hydrogen-bond donors (Lipinski definition) is 0. The summed E-state index contributed by atoms with van der Waals surface area (Å²) in [6.45, 7) is 12.6. The molecule has 1 aromatic carbocycles. The van der Waals surface area contributed by atoms with Crippen LogP contribution in [-0.4, -0.2) is 25.8 Å². The second-order valence-electron chi connectivity index (χ2n) is 7.22. The predicted octanol–water partition coefficient (Wildman–Crippen LogP) is 5.69. The van der Waals surface area contributed by atoms with Gasteiger partial charge in [-0.1, -0.05) is 52.8 Å². The molecule has 4 heteroatoms. The van der Waals surface area contributed by atoms with Gasteiger partial charge in [0, 0.05) is 30.0 Å². The summed E-state index contributed by atoms with van der Waals surface area (Å²) < 4.78 is 7.20. The fourth-order valence-corrected chi connectivity index (χ4v) is 4.26. The maximum Gasteiger partial charge on any atom is 0.241 e. The number of halogens is 1. The maximum atomic E-state index is 6.16. The average Bonchev–Trinajstić information content (AvgIpc) is 2.46. The van der Waals surface area contributed by atoms with Gasteiger partial charge in [-0.25, -0.2) is 0 Å². The summed E-state index contributed by atoms with van der Waals surface area (Å²) in [6.07, 6.45) is 5.58. The van der Waals surface area contributed by atoms with E-state index in [0.717, 1.165) is 36.8 Å². The van der Waals surface area contributed by atoms with Crippen LogP contribution in [0.4, 0.5) is 0 Å². The highest BCUT2D eigenvalue weighted by Crippen LogP contribution is 2.27. The van der Waals surface area contributed by atoms with Gasteiger partial charge in [-0.2, -0.15) is 0 Å². The highest BCUT2D eigenvalue weighted by atomic mass is 79.9. The molecule has 1 aliphatic rings. The van der Waals surface area contributed by atoms with E-state index in [1.54, 1.807) is 0 Å². The van der Waals surface area contributed by atoms with Crippen molar-refractivity contribution < 1.29 is 4.43 Å². The number of benzene rings is 1. The van der Waals surface area contributed by atoms with Crippen molar-refractivity contribution in [2.75, 3.05) is 6.54 Å². The van der Waals surface area contributed by atoms with Crippen LogP contribution >= 0.6 is 15.9 Å². The minimum atomic E-state index is -1.48. The second kappa shape index (κ2) is 8.31. The van der Waals surface area contributed by atoms with Gasteiger partial charge in [0.25, 0.3) is 0 Å². The van der Waals surface area contributed by atoms with Crippen molar-refractivity contribution in [3.63, 3.8) is 0 Å². The Morgan fingerprint density at radius 2 is 2.00 bits per heavy atom. The van der Waals surface area contributed by atoms with E-state index in [9.17, 15) is 0 Å². The minimum absolute atomic E-state index is 0.554. The SMILES string of the molecule is C=C(Br)CN(Cc1ccccc1)C1CC=C(O[Si](C)(C)C)CC1. The summed E-state index contributed by atoms with van der Waals surface area (Å²) in [5.41, 5.74) is 1.36. The van der Waals surface area contributed by atoms with E-state index in [4.69, 9.17) is 4.43 Å². The first-order valence-electron chi connectivity index (χ1n) is 8.33. The van der Waals surface area contributed by atoms with Crippen LogP contribution < -0.4 is 0 Å². The van der Waals surface area contributed by atoms with E-state index in [-0.39, 0.29) is 0 Å². The fraction of sp³-hybridized carbons (Fsp3) is 0.474. The number of nitrogens with zero attached hydrogens (tertiary/aromatic N) is 1. The molecule has 2 rings (SSSR count). The molecule has 1 atom stereocenters. The maximum absolute atomic E-state index is 6.16. The zero-order valence-electron chi connectivity index (χ0n) is 14.5. The predicted molar refractivity (Wildman–Crippen MR) is 105 cm³/mol. The van der Waals surface area contributed by atoms with Crippen LogP contribution in [0.3, 0.4) is 0 Å². The van der Waals surface area contributed by atoms with Crippen LogP contribution in [0.15, 0.2) is 53.2 Å². The van der Waals surface area contributed by atoms with Gasteiger partial charge in [-0.15, -0.1) is 0 Å².